The Kier molecular flexibility index (Phi) is 5.48. The number of rotatable bonds is 3. The average molecular weight is 495 g/mol. The molecular weight excluding hydrogens is 475 g/mol. The predicted octanol–water partition coefficient (Wildman–Crippen LogP) is 6.00. The van der Waals surface area contributed by atoms with Gasteiger partial charge in [0.2, 0.25) is 0 Å². The summed E-state index contributed by atoms with van der Waals surface area (Å²) in [5, 5.41) is -0.499. The van der Waals surface area contributed by atoms with Crippen LogP contribution in [0.15, 0.2) is 21.5 Å². The summed E-state index contributed by atoms with van der Waals surface area (Å²) in [5.74, 6) is -3.53. The number of sulfone groups is 1. The molecule has 3 nitrogen and oxygen atoms in total. The minimum absolute atomic E-state index is 0.125. The van der Waals surface area contributed by atoms with Crippen LogP contribution in [0.5, 0.6) is 0 Å². The summed E-state index contributed by atoms with van der Waals surface area (Å²) >= 11 is 3.04. The summed E-state index contributed by atoms with van der Waals surface area (Å²) in [6.45, 7) is 8.73. The van der Waals surface area contributed by atoms with Gasteiger partial charge in [0.05, 0.1) is 4.90 Å². The van der Waals surface area contributed by atoms with Gasteiger partial charge in [0.1, 0.15) is 6.10 Å². The fraction of sp³-hybridized carbons (Fsp3) is 0.625. The minimum Gasteiger partial charge on any atom is -0.404 e. The smallest absolute Gasteiger partial charge is 0.404 e. The van der Waals surface area contributed by atoms with E-state index in [9.17, 15) is 30.4 Å². The third-order valence-corrected chi connectivity index (χ3v) is 11.9. The molecule has 0 fully saturated rings. The Hall–Kier alpha value is -0.523. The maximum absolute atomic E-state index is 14.8. The van der Waals surface area contributed by atoms with Gasteiger partial charge in [-0.25, -0.2) is 17.2 Å². The van der Waals surface area contributed by atoms with Crippen LogP contribution < -0.4 is 0 Å². The highest BCUT2D eigenvalue weighted by molar-refractivity contribution is 9.10. The third kappa shape index (κ3) is 3.84. The molecular formula is C16H20BrF5O3SSi. The highest BCUT2D eigenvalue weighted by atomic mass is 79.9. The lowest BCUT2D eigenvalue weighted by Crippen LogP contribution is -2.44. The van der Waals surface area contributed by atoms with Crippen molar-refractivity contribution >= 4 is 34.1 Å². The number of alkyl halides is 5. The molecule has 0 aliphatic heterocycles. The van der Waals surface area contributed by atoms with Gasteiger partial charge in [-0.1, -0.05) is 36.7 Å². The lowest BCUT2D eigenvalue weighted by molar-refractivity contribution is -0.0910. The largest absolute Gasteiger partial charge is 0.501 e. The fourth-order valence-corrected chi connectivity index (χ4v) is 5.33. The van der Waals surface area contributed by atoms with Crippen molar-refractivity contribution < 1.29 is 34.8 Å². The maximum atomic E-state index is 14.8. The van der Waals surface area contributed by atoms with E-state index in [1.165, 1.54) is 0 Å². The minimum atomic E-state index is -5.81. The van der Waals surface area contributed by atoms with Gasteiger partial charge in [0.25, 0.3) is 15.8 Å². The van der Waals surface area contributed by atoms with E-state index in [2.05, 4.69) is 15.9 Å². The van der Waals surface area contributed by atoms with Gasteiger partial charge in [0, 0.05) is 16.5 Å². The van der Waals surface area contributed by atoms with E-state index >= 15 is 0 Å². The van der Waals surface area contributed by atoms with E-state index in [4.69, 9.17) is 4.43 Å². The van der Waals surface area contributed by atoms with Crippen molar-refractivity contribution in [2.24, 2.45) is 0 Å². The van der Waals surface area contributed by atoms with E-state index in [0.717, 1.165) is 6.07 Å². The second-order valence-electron chi connectivity index (χ2n) is 8.08. The molecule has 0 unspecified atom stereocenters. The molecule has 0 saturated carbocycles. The second kappa shape index (κ2) is 6.50. The van der Waals surface area contributed by atoms with Crippen molar-refractivity contribution in [1.82, 2.24) is 0 Å². The van der Waals surface area contributed by atoms with Gasteiger partial charge in [-0.05, 0) is 35.8 Å². The molecule has 0 aromatic heterocycles. The Morgan fingerprint density at radius 3 is 2.15 bits per heavy atom. The van der Waals surface area contributed by atoms with Crippen LogP contribution in [0.2, 0.25) is 18.1 Å². The summed E-state index contributed by atoms with van der Waals surface area (Å²) in [7, 11) is -8.66. The molecule has 1 aliphatic rings. The first kappa shape index (κ1) is 22.8. The number of halogens is 6. The zero-order valence-corrected chi connectivity index (χ0v) is 18.7. The van der Waals surface area contributed by atoms with E-state index in [-0.39, 0.29) is 10.0 Å². The molecule has 0 radical (unpaired) electrons. The van der Waals surface area contributed by atoms with Crippen LogP contribution in [0.4, 0.5) is 22.0 Å². The Labute approximate surface area is 164 Å². The lowest BCUT2D eigenvalue weighted by atomic mass is 10.1. The first-order valence-electron chi connectivity index (χ1n) is 8.01. The number of hydrogen-bond donors (Lipinski definition) is 0. The summed E-state index contributed by atoms with van der Waals surface area (Å²) < 4.78 is 98.8. The van der Waals surface area contributed by atoms with Crippen molar-refractivity contribution in [3.8, 4) is 0 Å². The Morgan fingerprint density at radius 2 is 1.70 bits per heavy atom. The van der Waals surface area contributed by atoms with E-state index in [0.29, 0.717) is 6.07 Å². The van der Waals surface area contributed by atoms with Crippen LogP contribution >= 0.6 is 15.9 Å². The third-order valence-electron chi connectivity index (χ3n) is 5.13. The molecule has 0 saturated heterocycles. The Morgan fingerprint density at radius 1 is 1.19 bits per heavy atom. The van der Waals surface area contributed by atoms with E-state index in [1.807, 2.05) is 0 Å². The SMILES string of the molecule is CC(C)(C)[Si](C)(C)O[C@H]1c2c(S(=O)(=O)C(F)(F)F)ccc(Br)c2CC1(F)F. The molecule has 11 heteroatoms. The first-order chi connectivity index (χ1) is 11.8. The van der Waals surface area contributed by atoms with Crippen LogP contribution in [0.25, 0.3) is 0 Å². The normalized spacial score (nSPS) is 20.6. The molecule has 1 aromatic carbocycles. The molecule has 2 rings (SSSR count). The number of fused-ring (bicyclic) bond motifs is 1. The van der Waals surface area contributed by atoms with Gasteiger partial charge in [-0.15, -0.1) is 0 Å². The van der Waals surface area contributed by atoms with Crippen LogP contribution in [0.3, 0.4) is 0 Å². The van der Waals surface area contributed by atoms with Crippen LogP contribution in [0, 0.1) is 0 Å². The summed E-state index contributed by atoms with van der Waals surface area (Å²) in [4.78, 5) is -1.17. The predicted molar refractivity (Wildman–Crippen MR) is 97.1 cm³/mol. The van der Waals surface area contributed by atoms with Crippen LogP contribution in [-0.2, 0) is 20.7 Å². The average Bonchev–Trinajstić information content (AvgIpc) is 2.69. The quantitative estimate of drug-likeness (QED) is 0.382. The van der Waals surface area contributed by atoms with Crippen molar-refractivity contribution in [3.05, 3.63) is 27.7 Å². The number of benzene rings is 1. The van der Waals surface area contributed by atoms with Crippen LogP contribution in [-0.4, -0.2) is 28.2 Å². The van der Waals surface area contributed by atoms with Crippen molar-refractivity contribution in [2.45, 2.75) is 67.8 Å². The van der Waals surface area contributed by atoms with Gasteiger partial charge < -0.3 is 4.43 Å². The standard InChI is InChI=1S/C16H20BrF5O3SSi/c1-14(2,3)27(4,5)25-13-12-9(8-15(13,18)19)10(17)6-7-11(12)26(23,24)16(20,21)22/h6-7,13H,8H2,1-5H3/t13-/m0/s1. The summed E-state index contributed by atoms with van der Waals surface area (Å²) in [6.07, 6.45) is -2.96. The summed E-state index contributed by atoms with van der Waals surface area (Å²) in [6, 6.07) is 1.75. The van der Waals surface area contributed by atoms with Gasteiger partial charge in [-0.2, -0.15) is 13.2 Å². The monoisotopic (exact) mass is 494 g/mol. The van der Waals surface area contributed by atoms with Crippen molar-refractivity contribution in [3.63, 3.8) is 0 Å². The molecule has 0 amide bonds. The zero-order chi connectivity index (χ0) is 21.2. The molecule has 27 heavy (non-hydrogen) atoms. The zero-order valence-electron chi connectivity index (χ0n) is 15.3. The highest BCUT2D eigenvalue weighted by Crippen LogP contribution is 2.54. The van der Waals surface area contributed by atoms with Crippen LogP contribution in [0.1, 0.15) is 38.0 Å². The van der Waals surface area contributed by atoms with Crippen molar-refractivity contribution in [1.29, 1.82) is 0 Å². The summed E-state index contributed by atoms with van der Waals surface area (Å²) in [5.41, 5.74) is -6.38. The van der Waals surface area contributed by atoms with Crippen molar-refractivity contribution in [2.75, 3.05) is 0 Å². The molecule has 0 spiro atoms. The van der Waals surface area contributed by atoms with Gasteiger partial charge >= 0.3 is 5.51 Å². The van der Waals surface area contributed by atoms with E-state index < -0.39 is 57.6 Å². The van der Waals surface area contributed by atoms with Gasteiger partial charge in [-0.3, -0.25) is 0 Å². The highest BCUT2D eigenvalue weighted by Gasteiger charge is 2.57. The number of hydrogen-bond acceptors (Lipinski definition) is 3. The molecule has 154 valence electrons. The second-order valence-corrected chi connectivity index (χ2v) is 15.6. The molecule has 1 aromatic rings. The molecule has 0 bridgehead atoms. The Bertz CT molecular complexity index is 860. The lowest BCUT2D eigenvalue weighted by Gasteiger charge is -2.40. The molecule has 0 N–H and O–H groups in total. The Balaban J connectivity index is 2.75. The maximum Gasteiger partial charge on any atom is 0.501 e. The van der Waals surface area contributed by atoms with Gasteiger partial charge in [0.15, 0.2) is 8.32 Å². The molecule has 0 heterocycles. The fourth-order valence-electron chi connectivity index (χ4n) is 2.60. The van der Waals surface area contributed by atoms with E-state index in [1.54, 1.807) is 33.9 Å². The molecule has 1 atom stereocenters. The molecule has 1 aliphatic carbocycles. The topological polar surface area (TPSA) is 43.4 Å². The first-order valence-corrected chi connectivity index (χ1v) is 13.2.